The van der Waals surface area contributed by atoms with E-state index in [-0.39, 0.29) is 18.7 Å². The molecule has 0 saturated heterocycles. The summed E-state index contributed by atoms with van der Waals surface area (Å²) in [5.74, 6) is -1.91. The van der Waals surface area contributed by atoms with E-state index in [4.69, 9.17) is 5.11 Å². The number of carboxylic acid groups (broad SMARTS) is 1. The van der Waals surface area contributed by atoms with E-state index in [9.17, 15) is 14.4 Å². The van der Waals surface area contributed by atoms with E-state index in [1.54, 1.807) is 0 Å². The highest BCUT2D eigenvalue weighted by Crippen LogP contribution is 2.03. The fourth-order valence-electron chi connectivity index (χ4n) is 1.42. The summed E-state index contributed by atoms with van der Waals surface area (Å²) in [6.45, 7) is 2.02. The number of methoxy groups -OCH3 is 1. The topological polar surface area (TPSA) is 92.7 Å². The van der Waals surface area contributed by atoms with Crippen LogP contribution in [-0.4, -0.2) is 36.1 Å². The maximum absolute atomic E-state index is 11.5. The van der Waals surface area contributed by atoms with Gasteiger partial charge in [-0.1, -0.05) is 19.8 Å². The lowest BCUT2D eigenvalue weighted by Crippen LogP contribution is -2.41. The van der Waals surface area contributed by atoms with Crippen molar-refractivity contribution in [3.05, 3.63) is 0 Å². The van der Waals surface area contributed by atoms with Crippen LogP contribution in [-0.2, 0) is 19.1 Å². The molecule has 0 aromatic heterocycles. The van der Waals surface area contributed by atoms with E-state index >= 15 is 0 Å². The van der Waals surface area contributed by atoms with E-state index < -0.39 is 18.0 Å². The number of carbonyl (C=O) groups excluding carboxylic acids is 2. The van der Waals surface area contributed by atoms with E-state index in [0.29, 0.717) is 6.42 Å². The molecule has 0 aliphatic carbocycles. The van der Waals surface area contributed by atoms with Crippen LogP contribution in [0.25, 0.3) is 0 Å². The van der Waals surface area contributed by atoms with Crippen LogP contribution >= 0.6 is 0 Å². The minimum atomic E-state index is -1.14. The molecule has 6 heteroatoms. The number of carbonyl (C=O) groups is 3. The third kappa shape index (κ3) is 7.65. The molecular weight excluding hydrogens is 238 g/mol. The fourth-order valence-corrected chi connectivity index (χ4v) is 1.42. The molecule has 0 rings (SSSR count). The van der Waals surface area contributed by atoms with Gasteiger partial charge in [0.2, 0.25) is 5.91 Å². The molecule has 1 amide bonds. The van der Waals surface area contributed by atoms with Gasteiger partial charge in [-0.25, -0.2) is 4.79 Å². The van der Waals surface area contributed by atoms with Gasteiger partial charge in [0, 0.05) is 12.8 Å². The van der Waals surface area contributed by atoms with Crippen molar-refractivity contribution in [2.45, 2.75) is 51.5 Å². The van der Waals surface area contributed by atoms with Crippen LogP contribution in [0, 0.1) is 0 Å². The largest absolute Gasteiger partial charge is 0.480 e. The number of rotatable bonds is 9. The number of aliphatic carboxylic acids is 1. The average Bonchev–Trinajstić information content (AvgIpc) is 2.33. The summed E-state index contributed by atoms with van der Waals surface area (Å²) in [6, 6.07) is -1.03. The number of ether oxygens (including phenoxy) is 1. The Hall–Kier alpha value is -1.59. The van der Waals surface area contributed by atoms with Crippen molar-refractivity contribution in [1.29, 1.82) is 0 Å². The van der Waals surface area contributed by atoms with Crippen molar-refractivity contribution < 1.29 is 24.2 Å². The van der Waals surface area contributed by atoms with Gasteiger partial charge in [-0.05, 0) is 12.8 Å². The van der Waals surface area contributed by atoms with Crippen LogP contribution in [0.5, 0.6) is 0 Å². The van der Waals surface area contributed by atoms with Crippen LogP contribution < -0.4 is 5.32 Å². The van der Waals surface area contributed by atoms with Crippen molar-refractivity contribution in [2.75, 3.05) is 7.11 Å². The molecule has 0 radical (unpaired) electrons. The van der Waals surface area contributed by atoms with Crippen LogP contribution in [0.15, 0.2) is 0 Å². The molecule has 0 saturated carbocycles. The second-order valence-corrected chi connectivity index (χ2v) is 4.03. The summed E-state index contributed by atoms with van der Waals surface area (Å²) < 4.78 is 4.42. The first-order valence-corrected chi connectivity index (χ1v) is 6.10. The van der Waals surface area contributed by atoms with Gasteiger partial charge in [0.1, 0.15) is 6.04 Å². The molecule has 1 atom stereocenters. The lowest BCUT2D eigenvalue weighted by Gasteiger charge is -2.13. The molecular formula is C12H21NO5. The number of hydrogen-bond acceptors (Lipinski definition) is 4. The quantitative estimate of drug-likeness (QED) is 0.477. The Morgan fingerprint density at radius 3 is 2.39 bits per heavy atom. The fraction of sp³-hybridized carbons (Fsp3) is 0.750. The smallest absolute Gasteiger partial charge is 0.326 e. The summed E-state index contributed by atoms with van der Waals surface area (Å²) in [7, 11) is 1.24. The summed E-state index contributed by atoms with van der Waals surface area (Å²) in [5, 5.41) is 11.3. The molecule has 0 aliphatic rings. The van der Waals surface area contributed by atoms with Crippen LogP contribution in [0.3, 0.4) is 0 Å². The number of esters is 1. The molecule has 0 aliphatic heterocycles. The van der Waals surface area contributed by atoms with Crippen LogP contribution in [0.2, 0.25) is 0 Å². The van der Waals surface area contributed by atoms with Gasteiger partial charge in [0.05, 0.1) is 7.11 Å². The van der Waals surface area contributed by atoms with Gasteiger partial charge in [-0.2, -0.15) is 0 Å². The normalized spacial score (nSPS) is 11.7. The summed E-state index contributed by atoms with van der Waals surface area (Å²) in [4.78, 5) is 33.3. The highest BCUT2D eigenvalue weighted by atomic mass is 16.5. The van der Waals surface area contributed by atoms with Crippen molar-refractivity contribution in [3.63, 3.8) is 0 Å². The molecule has 0 aromatic carbocycles. The first kappa shape index (κ1) is 16.4. The Bertz CT molecular complexity index is 290. The van der Waals surface area contributed by atoms with E-state index in [1.807, 2.05) is 6.92 Å². The maximum atomic E-state index is 11.5. The molecule has 0 spiro atoms. The summed E-state index contributed by atoms with van der Waals surface area (Å²) in [6.07, 6.45) is 3.01. The SMILES string of the molecule is CCCCCC(=O)N[C@@H](CCC(=O)OC)C(=O)O. The Morgan fingerprint density at radius 2 is 1.89 bits per heavy atom. The number of nitrogens with one attached hydrogen (secondary N) is 1. The number of amides is 1. The molecule has 18 heavy (non-hydrogen) atoms. The lowest BCUT2D eigenvalue weighted by molar-refractivity contribution is -0.144. The average molecular weight is 259 g/mol. The van der Waals surface area contributed by atoms with Gasteiger partial charge < -0.3 is 15.2 Å². The van der Waals surface area contributed by atoms with Crippen molar-refractivity contribution in [1.82, 2.24) is 5.32 Å². The highest BCUT2D eigenvalue weighted by Gasteiger charge is 2.20. The third-order valence-electron chi connectivity index (χ3n) is 2.51. The first-order chi connectivity index (χ1) is 8.51. The van der Waals surface area contributed by atoms with Crippen LogP contribution in [0.1, 0.15) is 45.4 Å². The highest BCUT2D eigenvalue weighted by molar-refractivity contribution is 5.83. The van der Waals surface area contributed by atoms with Gasteiger partial charge in [0.25, 0.3) is 0 Å². The van der Waals surface area contributed by atoms with Gasteiger partial charge in [0.15, 0.2) is 0 Å². The minimum Gasteiger partial charge on any atom is -0.480 e. The first-order valence-electron chi connectivity index (χ1n) is 6.10. The lowest BCUT2D eigenvalue weighted by atomic mass is 10.1. The molecule has 0 unspecified atom stereocenters. The molecule has 0 bridgehead atoms. The minimum absolute atomic E-state index is 0.0251. The van der Waals surface area contributed by atoms with Gasteiger partial charge in [-0.15, -0.1) is 0 Å². The predicted octanol–water partition coefficient (Wildman–Crippen LogP) is 1.09. The van der Waals surface area contributed by atoms with Crippen molar-refractivity contribution in [2.24, 2.45) is 0 Å². The number of unbranched alkanes of at least 4 members (excludes halogenated alkanes) is 2. The monoisotopic (exact) mass is 259 g/mol. The zero-order valence-corrected chi connectivity index (χ0v) is 10.9. The second-order valence-electron chi connectivity index (χ2n) is 4.03. The molecule has 0 aromatic rings. The summed E-state index contributed by atoms with van der Waals surface area (Å²) in [5.41, 5.74) is 0. The van der Waals surface area contributed by atoms with Gasteiger partial charge >= 0.3 is 11.9 Å². The van der Waals surface area contributed by atoms with Crippen molar-refractivity contribution >= 4 is 17.8 Å². The molecule has 6 nitrogen and oxygen atoms in total. The number of carboxylic acids is 1. The predicted molar refractivity (Wildman–Crippen MR) is 65.0 cm³/mol. The van der Waals surface area contributed by atoms with E-state index in [0.717, 1.165) is 19.3 Å². The van der Waals surface area contributed by atoms with E-state index in [1.165, 1.54) is 7.11 Å². The second kappa shape index (κ2) is 9.44. The molecule has 104 valence electrons. The number of hydrogen-bond donors (Lipinski definition) is 2. The molecule has 0 fully saturated rings. The Morgan fingerprint density at radius 1 is 1.22 bits per heavy atom. The zero-order valence-electron chi connectivity index (χ0n) is 10.9. The Kier molecular flexibility index (Phi) is 8.61. The van der Waals surface area contributed by atoms with Gasteiger partial charge in [-0.3, -0.25) is 9.59 Å². The van der Waals surface area contributed by atoms with Crippen molar-refractivity contribution in [3.8, 4) is 0 Å². The zero-order chi connectivity index (χ0) is 14.0. The van der Waals surface area contributed by atoms with E-state index in [2.05, 4.69) is 10.1 Å². The van der Waals surface area contributed by atoms with Crippen LogP contribution in [0.4, 0.5) is 0 Å². The molecule has 2 N–H and O–H groups in total. The maximum Gasteiger partial charge on any atom is 0.326 e. The Balaban J connectivity index is 4.06. The molecule has 0 heterocycles. The standard InChI is InChI=1S/C12H21NO5/c1-3-4-5-6-10(14)13-9(12(16)17)7-8-11(15)18-2/h9H,3-8H2,1-2H3,(H,13,14)(H,16,17)/t9-/m0/s1. The Labute approximate surface area is 107 Å². The summed E-state index contributed by atoms with van der Waals surface area (Å²) >= 11 is 0. The third-order valence-corrected chi connectivity index (χ3v) is 2.51.